The quantitative estimate of drug-likeness (QED) is 0.711. The Morgan fingerprint density at radius 1 is 1.27 bits per heavy atom. The maximum absolute atomic E-state index is 3.68. The summed E-state index contributed by atoms with van der Waals surface area (Å²) in [6.07, 6.45) is 4.06. The van der Waals surface area contributed by atoms with Crippen LogP contribution in [0.25, 0.3) is 0 Å². The fourth-order valence-corrected chi connectivity index (χ4v) is 2.91. The molecule has 0 aliphatic heterocycles. The first-order valence-electron chi connectivity index (χ1n) is 5.75. The van der Waals surface area contributed by atoms with E-state index in [4.69, 9.17) is 0 Å². The van der Waals surface area contributed by atoms with E-state index >= 15 is 0 Å². The summed E-state index contributed by atoms with van der Waals surface area (Å²) in [7, 11) is 0. The highest BCUT2D eigenvalue weighted by Crippen LogP contribution is 2.48. The lowest BCUT2D eigenvalue weighted by molar-refractivity contribution is 0.319. The van der Waals surface area contributed by atoms with Gasteiger partial charge in [0, 0.05) is 5.33 Å². The summed E-state index contributed by atoms with van der Waals surface area (Å²) in [5.74, 6) is 0.943. The van der Waals surface area contributed by atoms with Gasteiger partial charge in [0.25, 0.3) is 0 Å². The third-order valence-electron chi connectivity index (χ3n) is 3.60. The summed E-state index contributed by atoms with van der Waals surface area (Å²) in [4.78, 5) is 0. The second-order valence-electron chi connectivity index (χ2n) is 5.22. The van der Waals surface area contributed by atoms with Crippen molar-refractivity contribution in [2.45, 2.75) is 33.1 Å². The normalized spacial score (nSPS) is 19.9. The molecule has 1 heteroatoms. The largest absolute Gasteiger partial charge is 0.0922 e. The van der Waals surface area contributed by atoms with Gasteiger partial charge in [0.15, 0.2) is 0 Å². The highest BCUT2D eigenvalue weighted by molar-refractivity contribution is 9.09. The third kappa shape index (κ3) is 2.63. The molecule has 82 valence electrons. The van der Waals surface area contributed by atoms with Crippen molar-refractivity contribution in [3.8, 4) is 0 Å². The van der Waals surface area contributed by atoms with Gasteiger partial charge in [0.2, 0.25) is 0 Å². The van der Waals surface area contributed by atoms with Crippen LogP contribution in [0.4, 0.5) is 0 Å². The fraction of sp³-hybridized carbons (Fsp3) is 0.571. The second-order valence-corrected chi connectivity index (χ2v) is 5.79. The number of hydrogen-bond donors (Lipinski definition) is 0. The summed E-state index contributed by atoms with van der Waals surface area (Å²) in [5.41, 5.74) is 3.30. The van der Waals surface area contributed by atoms with E-state index in [0.29, 0.717) is 5.41 Å². The van der Waals surface area contributed by atoms with Crippen molar-refractivity contribution < 1.29 is 0 Å². The van der Waals surface area contributed by atoms with Crippen LogP contribution in [-0.4, -0.2) is 5.33 Å². The molecule has 0 saturated heterocycles. The number of aryl methyl sites for hydroxylation is 1. The molecule has 0 radical (unpaired) electrons. The van der Waals surface area contributed by atoms with E-state index in [1.165, 1.54) is 30.4 Å². The summed E-state index contributed by atoms with van der Waals surface area (Å²) < 4.78 is 0. The Bertz CT molecular complexity index is 324. The highest BCUT2D eigenvalue weighted by Gasteiger charge is 2.40. The van der Waals surface area contributed by atoms with E-state index < -0.39 is 0 Å². The van der Waals surface area contributed by atoms with Crippen LogP contribution < -0.4 is 0 Å². The van der Waals surface area contributed by atoms with Crippen LogP contribution in [0.5, 0.6) is 0 Å². The minimum atomic E-state index is 0.468. The third-order valence-corrected chi connectivity index (χ3v) is 4.88. The van der Waals surface area contributed by atoms with E-state index in [1.807, 2.05) is 0 Å². The number of halogens is 1. The molecule has 0 spiro atoms. The summed E-state index contributed by atoms with van der Waals surface area (Å²) >= 11 is 3.68. The molecular formula is C14H19Br. The predicted octanol–water partition coefficient (Wildman–Crippen LogP) is 4.35. The van der Waals surface area contributed by atoms with Crippen LogP contribution in [0.3, 0.4) is 0 Å². The van der Waals surface area contributed by atoms with Gasteiger partial charge < -0.3 is 0 Å². The molecule has 0 nitrogen and oxygen atoms in total. The van der Waals surface area contributed by atoms with Crippen LogP contribution in [0, 0.1) is 18.3 Å². The minimum Gasteiger partial charge on any atom is -0.0922 e. The van der Waals surface area contributed by atoms with Crippen molar-refractivity contribution in [3.05, 3.63) is 35.4 Å². The van der Waals surface area contributed by atoms with Crippen LogP contribution in [0.2, 0.25) is 0 Å². The maximum atomic E-state index is 3.68. The molecule has 0 N–H and O–H groups in total. The Labute approximate surface area is 101 Å². The zero-order valence-corrected chi connectivity index (χ0v) is 11.2. The fourth-order valence-electron chi connectivity index (χ4n) is 2.25. The monoisotopic (exact) mass is 266 g/mol. The van der Waals surface area contributed by atoms with Gasteiger partial charge in [0.05, 0.1) is 0 Å². The van der Waals surface area contributed by atoms with Gasteiger partial charge in [-0.2, -0.15) is 0 Å². The first-order valence-corrected chi connectivity index (χ1v) is 6.88. The van der Waals surface area contributed by atoms with E-state index in [9.17, 15) is 0 Å². The number of hydrogen-bond acceptors (Lipinski definition) is 0. The molecule has 0 aromatic heterocycles. The molecule has 1 aromatic carbocycles. The molecule has 1 aromatic rings. The van der Waals surface area contributed by atoms with Crippen molar-refractivity contribution in [1.29, 1.82) is 0 Å². The van der Waals surface area contributed by atoms with Gasteiger partial charge in [-0.1, -0.05) is 52.7 Å². The molecule has 15 heavy (non-hydrogen) atoms. The molecule has 0 heterocycles. The molecule has 2 rings (SSSR count). The molecule has 1 atom stereocenters. The smallest absolute Gasteiger partial charge is 0.00911 e. The lowest BCUT2D eigenvalue weighted by Gasteiger charge is -2.27. The molecule has 1 saturated carbocycles. The van der Waals surface area contributed by atoms with Gasteiger partial charge in [-0.3, -0.25) is 0 Å². The standard InChI is InChI=1S/C14H19Br/c1-11-3-5-12(6-4-11)9-14(2,10-15)13-7-8-13/h3-6,13H,7-10H2,1-2H3. The van der Waals surface area contributed by atoms with Gasteiger partial charge in [-0.05, 0) is 43.1 Å². The van der Waals surface area contributed by atoms with E-state index in [2.05, 4.69) is 54.0 Å². The van der Waals surface area contributed by atoms with Gasteiger partial charge >= 0.3 is 0 Å². The number of alkyl halides is 1. The Balaban J connectivity index is 2.09. The molecule has 1 unspecified atom stereocenters. The van der Waals surface area contributed by atoms with E-state index in [0.717, 1.165) is 11.2 Å². The Hall–Kier alpha value is -0.300. The van der Waals surface area contributed by atoms with Crippen LogP contribution >= 0.6 is 15.9 Å². The lowest BCUT2D eigenvalue weighted by atomic mass is 9.81. The first-order chi connectivity index (χ1) is 7.14. The van der Waals surface area contributed by atoms with Crippen molar-refractivity contribution in [2.75, 3.05) is 5.33 Å². The average Bonchev–Trinajstić information content (AvgIpc) is 3.05. The zero-order valence-electron chi connectivity index (χ0n) is 9.59. The van der Waals surface area contributed by atoms with E-state index in [-0.39, 0.29) is 0 Å². The maximum Gasteiger partial charge on any atom is 0.00911 e. The van der Waals surface area contributed by atoms with E-state index in [1.54, 1.807) is 0 Å². The van der Waals surface area contributed by atoms with Crippen LogP contribution in [0.1, 0.15) is 30.9 Å². The molecule has 0 amide bonds. The van der Waals surface area contributed by atoms with Crippen LogP contribution in [0.15, 0.2) is 24.3 Å². The second kappa shape index (κ2) is 4.29. The molecule has 1 fully saturated rings. The Kier molecular flexibility index (Phi) is 3.20. The van der Waals surface area contributed by atoms with Gasteiger partial charge in [-0.15, -0.1) is 0 Å². The molecule has 1 aliphatic rings. The highest BCUT2D eigenvalue weighted by atomic mass is 79.9. The zero-order chi connectivity index (χ0) is 10.9. The van der Waals surface area contributed by atoms with Crippen LogP contribution in [-0.2, 0) is 6.42 Å². The summed E-state index contributed by atoms with van der Waals surface area (Å²) in [5, 5.41) is 1.12. The summed E-state index contributed by atoms with van der Waals surface area (Å²) in [6.45, 7) is 4.56. The van der Waals surface area contributed by atoms with Crippen molar-refractivity contribution in [3.63, 3.8) is 0 Å². The summed E-state index contributed by atoms with van der Waals surface area (Å²) in [6, 6.07) is 8.99. The first kappa shape index (κ1) is 11.2. The van der Waals surface area contributed by atoms with Crippen molar-refractivity contribution in [1.82, 2.24) is 0 Å². The van der Waals surface area contributed by atoms with Crippen molar-refractivity contribution in [2.24, 2.45) is 11.3 Å². The van der Waals surface area contributed by atoms with Gasteiger partial charge in [0.1, 0.15) is 0 Å². The number of benzene rings is 1. The average molecular weight is 267 g/mol. The Morgan fingerprint density at radius 3 is 2.33 bits per heavy atom. The molecule has 0 bridgehead atoms. The SMILES string of the molecule is Cc1ccc(CC(C)(CBr)C2CC2)cc1. The Morgan fingerprint density at radius 2 is 1.87 bits per heavy atom. The van der Waals surface area contributed by atoms with Crippen molar-refractivity contribution >= 4 is 15.9 Å². The lowest BCUT2D eigenvalue weighted by Crippen LogP contribution is -2.24. The number of rotatable bonds is 4. The molecular weight excluding hydrogens is 248 g/mol. The minimum absolute atomic E-state index is 0.468. The molecule has 1 aliphatic carbocycles. The predicted molar refractivity (Wildman–Crippen MR) is 69.5 cm³/mol. The topological polar surface area (TPSA) is 0 Å². The van der Waals surface area contributed by atoms with Gasteiger partial charge in [-0.25, -0.2) is 0 Å².